The molecule has 0 aliphatic heterocycles. The van der Waals surface area contributed by atoms with Crippen LogP contribution in [0.2, 0.25) is 0 Å². The number of hydrogen-bond donors (Lipinski definition) is 0. The lowest BCUT2D eigenvalue weighted by molar-refractivity contribution is 0.0438. The molecule has 0 spiro atoms. The van der Waals surface area contributed by atoms with Crippen LogP contribution in [0, 0.1) is 0 Å². The number of carbonyl (C=O) groups excluding carboxylic acids is 1. The van der Waals surface area contributed by atoms with E-state index in [1.54, 1.807) is 24.5 Å². The van der Waals surface area contributed by atoms with Crippen LogP contribution in [-0.4, -0.2) is 26.6 Å². The minimum Gasteiger partial charge on any atom is -0.452 e. The number of rotatable bonds is 6. The molecule has 2 aromatic carbocycles. The molecule has 1 unspecified atom stereocenters. The fraction of sp³-hybridized carbons (Fsp3) is 0.167. The minimum absolute atomic E-state index is 0.109. The maximum absolute atomic E-state index is 12.1. The van der Waals surface area contributed by atoms with Crippen LogP contribution in [0.25, 0.3) is 11.5 Å². The van der Waals surface area contributed by atoms with Gasteiger partial charge in [-0.05, 0) is 29.8 Å². The highest BCUT2D eigenvalue weighted by Gasteiger charge is 2.13. The van der Waals surface area contributed by atoms with Gasteiger partial charge in [0, 0.05) is 28.4 Å². The number of benzene rings is 2. The highest BCUT2D eigenvalue weighted by atomic mass is 32.2. The Morgan fingerprint density at radius 2 is 1.92 bits per heavy atom. The Labute approximate surface area is 147 Å². The van der Waals surface area contributed by atoms with Crippen LogP contribution in [0.4, 0.5) is 0 Å². The topological polar surface area (TPSA) is 82.3 Å². The predicted octanol–water partition coefficient (Wildman–Crippen LogP) is 2.97. The third-order valence-electron chi connectivity index (χ3n) is 3.35. The molecule has 0 amide bonds. The third-order valence-corrected chi connectivity index (χ3v) is 4.09. The normalized spacial score (nSPS) is 11.9. The summed E-state index contributed by atoms with van der Waals surface area (Å²) in [6, 6.07) is 16.2. The molecule has 0 fully saturated rings. The molecule has 0 N–H and O–H groups in total. The summed E-state index contributed by atoms with van der Waals surface area (Å²) < 4.78 is 22.0. The van der Waals surface area contributed by atoms with E-state index in [0.717, 1.165) is 11.1 Å². The number of aromatic nitrogens is 2. The Balaban J connectivity index is 1.63. The molecular formula is C18H16N2O4S. The van der Waals surface area contributed by atoms with E-state index in [0.29, 0.717) is 17.2 Å². The Kier molecular flexibility index (Phi) is 5.35. The van der Waals surface area contributed by atoms with Crippen molar-refractivity contribution >= 4 is 16.8 Å². The second-order valence-corrected chi connectivity index (χ2v) is 6.80. The van der Waals surface area contributed by atoms with Crippen LogP contribution in [0.1, 0.15) is 21.8 Å². The van der Waals surface area contributed by atoms with Crippen molar-refractivity contribution in [1.82, 2.24) is 10.2 Å². The number of esters is 1. The van der Waals surface area contributed by atoms with Crippen LogP contribution in [0.15, 0.2) is 59.0 Å². The van der Waals surface area contributed by atoms with E-state index in [1.165, 1.54) is 0 Å². The zero-order chi connectivity index (χ0) is 17.6. The van der Waals surface area contributed by atoms with Crippen LogP contribution < -0.4 is 0 Å². The van der Waals surface area contributed by atoms with Crippen molar-refractivity contribution in [2.24, 2.45) is 0 Å². The molecule has 0 saturated heterocycles. The van der Waals surface area contributed by atoms with Gasteiger partial charge in [-0.25, -0.2) is 4.79 Å². The van der Waals surface area contributed by atoms with Crippen molar-refractivity contribution in [3.8, 4) is 11.5 Å². The van der Waals surface area contributed by atoms with Gasteiger partial charge in [0.1, 0.15) is 0 Å². The fourth-order valence-corrected chi connectivity index (χ4v) is 2.89. The lowest BCUT2D eigenvalue weighted by Gasteiger charge is -2.04. The van der Waals surface area contributed by atoms with Crippen molar-refractivity contribution in [3.63, 3.8) is 0 Å². The molecular weight excluding hydrogens is 340 g/mol. The van der Waals surface area contributed by atoms with Crippen molar-refractivity contribution in [3.05, 3.63) is 71.6 Å². The SMILES string of the molecule is CS(=O)Cc1cccc(C(=O)OCc2nnc(-c3ccccc3)o2)c1. The Morgan fingerprint density at radius 3 is 2.68 bits per heavy atom. The van der Waals surface area contributed by atoms with Crippen LogP contribution in [0.3, 0.4) is 0 Å². The summed E-state index contributed by atoms with van der Waals surface area (Å²) in [4.78, 5) is 12.1. The summed E-state index contributed by atoms with van der Waals surface area (Å²) in [6.07, 6.45) is 1.62. The van der Waals surface area contributed by atoms with E-state index in [9.17, 15) is 9.00 Å². The predicted molar refractivity (Wildman–Crippen MR) is 93.1 cm³/mol. The monoisotopic (exact) mass is 356 g/mol. The molecule has 1 heterocycles. The molecule has 0 saturated carbocycles. The first kappa shape index (κ1) is 17.0. The lowest BCUT2D eigenvalue weighted by Crippen LogP contribution is -2.06. The van der Waals surface area contributed by atoms with Crippen molar-refractivity contribution in [2.75, 3.05) is 6.26 Å². The van der Waals surface area contributed by atoms with Gasteiger partial charge < -0.3 is 9.15 Å². The first-order chi connectivity index (χ1) is 12.1. The van der Waals surface area contributed by atoms with E-state index < -0.39 is 16.8 Å². The maximum atomic E-state index is 12.1. The zero-order valence-electron chi connectivity index (χ0n) is 13.5. The summed E-state index contributed by atoms with van der Waals surface area (Å²) in [5, 5.41) is 7.82. The minimum atomic E-state index is -0.972. The van der Waals surface area contributed by atoms with Gasteiger partial charge in [0.2, 0.25) is 5.89 Å². The van der Waals surface area contributed by atoms with E-state index in [2.05, 4.69) is 10.2 Å². The molecule has 1 aromatic heterocycles. The standard InChI is InChI=1S/C18H16N2O4S/c1-25(22)12-13-6-5-9-15(10-13)18(21)23-11-16-19-20-17(24-16)14-7-3-2-4-8-14/h2-10H,11-12H2,1H3. The molecule has 25 heavy (non-hydrogen) atoms. The van der Waals surface area contributed by atoms with Gasteiger partial charge in [-0.1, -0.05) is 30.3 Å². The largest absolute Gasteiger partial charge is 0.452 e. The molecule has 6 nitrogen and oxygen atoms in total. The maximum Gasteiger partial charge on any atom is 0.338 e. The van der Waals surface area contributed by atoms with E-state index in [4.69, 9.17) is 9.15 Å². The average molecular weight is 356 g/mol. The number of hydrogen-bond acceptors (Lipinski definition) is 6. The molecule has 1 atom stereocenters. The highest BCUT2D eigenvalue weighted by molar-refractivity contribution is 7.83. The zero-order valence-corrected chi connectivity index (χ0v) is 14.4. The van der Waals surface area contributed by atoms with Gasteiger partial charge in [-0.15, -0.1) is 10.2 Å². The summed E-state index contributed by atoms with van der Waals surface area (Å²) in [6.45, 7) is -0.109. The molecule has 0 radical (unpaired) electrons. The lowest BCUT2D eigenvalue weighted by atomic mass is 10.1. The van der Waals surface area contributed by atoms with Gasteiger partial charge in [-0.3, -0.25) is 4.21 Å². The van der Waals surface area contributed by atoms with Crippen molar-refractivity contribution < 1.29 is 18.2 Å². The Bertz CT molecular complexity index is 893. The summed E-state index contributed by atoms with van der Waals surface area (Å²) in [5.74, 6) is 0.492. The van der Waals surface area contributed by atoms with Crippen molar-refractivity contribution in [2.45, 2.75) is 12.4 Å². The van der Waals surface area contributed by atoms with Crippen molar-refractivity contribution in [1.29, 1.82) is 0 Å². The van der Waals surface area contributed by atoms with Gasteiger partial charge >= 0.3 is 5.97 Å². The average Bonchev–Trinajstić information content (AvgIpc) is 3.09. The van der Waals surface area contributed by atoms with Crippen LogP contribution >= 0.6 is 0 Å². The smallest absolute Gasteiger partial charge is 0.338 e. The molecule has 3 aromatic rings. The summed E-state index contributed by atoms with van der Waals surface area (Å²) in [5.41, 5.74) is 2.01. The fourth-order valence-electron chi connectivity index (χ4n) is 2.24. The van der Waals surface area contributed by atoms with Crippen LogP contribution in [0.5, 0.6) is 0 Å². The van der Waals surface area contributed by atoms with E-state index in [1.807, 2.05) is 36.4 Å². The van der Waals surface area contributed by atoms with E-state index in [-0.39, 0.29) is 12.5 Å². The highest BCUT2D eigenvalue weighted by Crippen LogP contribution is 2.17. The number of carbonyl (C=O) groups is 1. The first-order valence-electron chi connectivity index (χ1n) is 7.56. The van der Waals surface area contributed by atoms with E-state index >= 15 is 0 Å². The second-order valence-electron chi connectivity index (χ2n) is 5.36. The number of ether oxygens (including phenoxy) is 1. The van der Waals surface area contributed by atoms with Gasteiger partial charge in [0.25, 0.3) is 5.89 Å². The second kappa shape index (κ2) is 7.85. The summed E-state index contributed by atoms with van der Waals surface area (Å²) >= 11 is 0. The van der Waals surface area contributed by atoms with Gasteiger partial charge in [0.15, 0.2) is 6.61 Å². The molecule has 0 bridgehead atoms. The quantitative estimate of drug-likeness (QED) is 0.632. The molecule has 7 heteroatoms. The molecule has 0 aliphatic carbocycles. The Hall–Kier alpha value is -2.80. The third kappa shape index (κ3) is 4.60. The number of nitrogens with zero attached hydrogens (tertiary/aromatic N) is 2. The summed E-state index contributed by atoms with van der Waals surface area (Å²) in [7, 11) is -0.972. The Morgan fingerprint density at radius 1 is 1.12 bits per heavy atom. The first-order valence-corrected chi connectivity index (χ1v) is 9.28. The molecule has 128 valence electrons. The molecule has 0 aliphatic rings. The van der Waals surface area contributed by atoms with Crippen LogP contribution in [-0.2, 0) is 27.9 Å². The van der Waals surface area contributed by atoms with Gasteiger partial charge in [0.05, 0.1) is 5.56 Å². The molecule has 3 rings (SSSR count). The van der Waals surface area contributed by atoms with Gasteiger partial charge in [-0.2, -0.15) is 0 Å².